The van der Waals surface area contributed by atoms with Crippen LogP contribution in [0, 0.1) is 0 Å². The molecule has 1 heterocycles. The first-order valence-corrected chi connectivity index (χ1v) is 10.8. The summed E-state index contributed by atoms with van der Waals surface area (Å²) in [4.78, 5) is 41.2. The quantitative estimate of drug-likeness (QED) is 0.381. The molecule has 9 heteroatoms. The van der Waals surface area contributed by atoms with Crippen LogP contribution in [0.5, 0.6) is 0 Å². The number of hydrogen-bond donors (Lipinski definition) is 3. The summed E-state index contributed by atoms with van der Waals surface area (Å²) in [7, 11) is 0. The third-order valence-corrected chi connectivity index (χ3v) is 4.54. The fourth-order valence-electron chi connectivity index (χ4n) is 2.77. The van der Waals surface area contributed by atoms with Gasteiger partial charge in [-0.25, -0.2) is 9.78 Å². The second-order valence-corrected chi connectivity index (χ2v) is 8.85. The molecule has 2 aromatic carbocycles. The molecule has 0 aliphatic carbocycles. The van der Waals surface area contributed by atoms with Gasteiger partial charge in [0.1, 0.15) is 15.9 Å². The maximum absolute atomic E-state index is 12.7. The lowest BCUT2D eigenvalue weighted by Gasteiger charge is -2.19. The summed E-state index contributed by atoms with van der Waals surface area (Å²) in [6.07, 6.45) is -0.608. The van der Waals surface area contributed by atoms with Crippen molar-refractivity contribution in [1.82, 2.24) is 4.98 Å². The molecular formula is C24H23BrN4O4. The number of nitrogens with zero attached hydrogens (tertiary/aromatic N) is 1. The predicted molar refractivity (Wildman–Crippen MR) is 131 cm³/mol. The van der Waals surface area contributed by atoms with Gasteiger partial charge in [0.2, 0.25) is 0 Å². The van der Waals surface area contributed by atoms with Crippen molar-refractivity contribution in [2.45, 2.75) is 26.4 Å². The minimum absolute atomic E-state index is 0.258. The molecule has 3 N–H and O–H groups in total. The van der Waals surface area contributed by atoms with E-state index in [0.717, 1.165) is 0 Å². The van der Waals surface area contributed by atoms with Gasteiger partial charge in [0.15, 0.2) is 0 Å². The number of nitrogens with one attached hydrogen (secondary N) is 3. The summed E-state index contributed by atoms with van der Waals surface area (Å²) in [6, 6.07) is 18.3. The van der Waals surface area contributed by atoms with Gasteiger partial charge in [0, 0.05) is 22.6 Å². The fraction of sp³-hybridized carbons (Fsp3) is 0.167. The van der Waals surface area contributed by atoms with Crippen molar-refractivity contribution in [2.75, 3.05) is 16.0 Å². The zero-order chi connectivity index (χ0) is 24.0. The van der Waals surface area contributed by atoms with Crippen LogP contribution in [0.1, 0.15) is 41.6 Å². The first kappa shape index (κ1) is 23.9. The number of anilines is 3. The fourth-order valence-corrected chi connectivity index (χ4v) is 3.11. The number of ether oxygens (including phenoxy) is 1. The molecule has 0 atom stereocenters. The van der Waals surface area contributed by atoms with Gasteiger partial charge in [-0.15, -0.1) is 0 Å². The molecule has 3 amide bonds. The van der Waals surface area contributed by atoms with Crippen molar-refractivity contribution in [1.29, 1.82) is 0 Å². The highest BCUT2D eigenvalue weighted by Gasteiger charge is 2.17. The molecule has 0 bridgehead atoms. The lowest BCUT2D eigenvalue weighted by Crippen LogP contribution is -2.27. The minimum Gasteiger partial charge on any atom is -0.444 e. The van der Waals surface area contributed by atoms with Crippen LogP contribution in [0.25, 0.3) is 0 Å². The third-order valence-electron chi connectivity index (χ3n) is 4.10. The maximum atomic E-state index is 12.7. The highest BCUT2D eigenvalue weighted by molar-refractivity contribution is 9.10. The Labute approximate surface area is 199 Å². The number of benzene rings is 2. The number of hydrogen-bond acceptors (Lipinski definition) is 5. The number of halogens is 1. The Morgan fingerprint density at radius 3 is 2.00 bits per heavy atom. The van der Waals surface area contributed by atoms with Crippen LogP contribution in [0.15, 0.2) is 71.3 Å². The van der Waals surface area contributed by atoms with E-state index in [4.69, 9.17) is 4.74 Å². The van der Waals surface area contributed by atoms with E-state index in [9.17, 15) is 14.4 Å². The Kier molecular flexibility index (Phi) is 7.44. The highest BCUT2D eigenvalue weighted by Crippen LogP contribution is 2.19. The molecule has 3 rings (SSSR count). The molecule has 0 aliphatic rings. The molecule has 33 heavy (non-hydrogen) atoms. The van der Waals surface area contributed by atoms with Gasteiger partial charge < -0.3 is 15.4 Å². The normalized spacial score (nSPS) is 10.8. The van der Waals surface area contributed by atoms with E-state index in [-0.39, 0.29) is 17.5 Å². The number of carbonyl (C=O) groups is 3. The first-order chi connectivity index (χ1) is 15.6. The predicted octanol–water partition coefficient (Wildman–Crippen LogP) is 5.70. The van der Waals surface area contributed by atoms with Crippen LogP contribution < -0.4 is 16.0 Å². The molecule has 0 unspecified atom stereocenters. The molecule has 1 aromatic heterocycles. The zero-order valence-electron chi connectivity index (χ0n) is 18.3. The first-order valence-electron chi connectivity index (χ1n) is 10.0. The highest BCUT2D eigenvalue weighted by atomic mass is 79.9. The van der Waals surface area contributed by atoms with E-state index < -0.39 is 11.7 Å². The Balaban J connectivity index is 1.66. The third kappa shape index (κ3) is 7.43. The van der Waals surface area contributed by atoms with Crippen molar-refractivity contribution in [3.05, 3.63) is 82.6 Å². The molecule has 3 aromatic rings. The topological polar surface area (TPSA) is 109 Å². The summed E-state index contributed by atoms with van der Waals surface area (Å²) >= 11 is 3.24. The number of aromatic nitrogens is 1. The van der Waals surface area contributed by atoms with Crippen molar-refractivity contribution >= 4 is 50.9 Å². The van der Waals surface area contributed by atoms with Crippen LogP contribution in [-0.2, 0) is 4.74 Å². The van der Waals surface area contributed by atoms with Crippen molar-refractivity contribution in [2.24, 2.45) is 0 Å². The van der Waals surface area contributed by atoms with E-state index in [2.05, 4.69) is 36.9 Å². The second kappa shape index (κ2) is 10.3. The Hall–Kier alpha value is -3.72. The molecule has 0 fully saturated rings. The molecule has 0 saturated heterocycles. The molecule has 0 aliphatic heterocycles. The van der Waals surface area contributed by atoms with E-state index in [1.807, 2.05) is 0 Å². The molecular weight excluding hydrogens is 488 g/mol. The van der Waals surface area contributed by atoms with Crippen LogP contribution in [0.4, 0.5) is 21.9 Å². The molecule has 8 nitrogen and oxygen atoms in total. The molecule has 170 valence electrons. The average Bonchev–Trinajstić information content (AvgIpc) is 2.72. The van der Waals surface area contributed by atoms with Crippen molar-refractivity contribution in [3.63, 3.8) is 0 Å². The molecule has 0 radical (unpaired) electrons. The number of pyridine rings is 1. The van der Waals surface area contributed by atoms with E-state index in [1.54, 1.807) is 87.5 Å². The van der Waals surface area contributed by atoms with Crippen LogP contribution in [0.2, 0.25) is 0 Å². The lowest BCUT2D eigenvalue weighted by atomic mass is 10.1. The summed E-state index contributed by atoms with van der Waals surface area (Å²) in [6.45, 7) is 5.30. The zero-order valence-corrected chi connectivity index (χ0v) is 19.9. The van der Waals surface area contributed by atoms with Gasteiger partial charge in [-0.1, -0.05) is 18.2 Å². The largest absolute Gasteiger partial charge is 0.444 e. The van der Waals surface area contributed by atoms with Crippen molar-refractivity contribution < 1.29 is 19.1 Å². The summed E-state index contributed by atoms with van der Waals surface area (Å²) in [5.41, 5.74) is 1.39. The van der Waals surface area contributed by atoms with Crippen LogP contribution in [-0.4, -0.2) is 28.5 Å². The number of amides is 3. The smallest absolute Gasteiger partial charge is 0.412 e. The monoisotopic (exact) mass is 510 g/mol. The van der Waals surface area contributed by atoms with Gasteiger partial charge >= 0.3 is 6.09 Å². The summed E-state index contributed by atoms with van der Waals surface area (Å²) in [5.74, 6) is -0.749. The van der Waals surface area contributed by atoms with Gasteiger partial charge in [0.05, 0.1) is 0 Å². The van der Waals surface area contributed by atoms with E-state index in [0.29, 0.717) is 27.2 Å². The SMILES string of the molecule is CC(C)(C)OC(=O)Nc1cccc(C(=O)Nc2cccc(NC(=O)c3cccc(Br)n3)c2)c1. The van der Waals surface area contributed by atoms with Crippen LogP contribution in [0.3, 0.4) is 0 Å². The molecule has 0 spiro atoms. The average molecular weight is 511 g/mol. The van der Waals surface area contributed by atoms with E-state index in [1.165, 1.54) is 0 Å². The van der Waals surface area contributed by atoms with E-state index >= 15 is 0 Å². The van der Waals surface area contributed by atoms with Gasteiger partial charge in [-0.3, -0.25) is 14.9 Å². The van der Waals surface area contributed by atoms with Crippen molar-refractivity contribution in [3.8, 4) is 0 Å². The standard InChI is InChI=1S/C24H23BrN4O4/c1-24(2,3)33-23(32)28-16-8-4-7-15(13-16)21(30)26-17-9-5-10-18(14-17)27-22(31)19-11-6-12-20(25)29-19/h4-14H,1-3H3,(H,26,30)(H,27,31)(H,28,32). The minimum atomic E-state index is -0.632. The van der Waals surface area contributed by atoms with Crippen LogP contribution >= 0.6 is 15.9 Å². The number of rotatable bonds is 5. The van der Waals surface area contributed by atoms with Gasteiger partial charge in [-0.2, -0.15) is 0 Å². The Morgan fingerprint density at radius 2 is 1.36 bits per heavy atom. The van der Waals surface area contributed by atoms with Gasteiger partial charge in [-0.05, 0) is 85.2 Å². The molecule has 0 saturated carbocycles. The Morgan fingerprint density at radius 1 is 0.788 bits per heavy atom. The maximum Gasteiger partial charge on any atom is 0.412 e. The lowest BCUT2D eigenvalue weighted by molar-refractivity contribution is 0.0635. The Bertz CT molecular complexity index is 1190. The summed E-state index contributed by atoms with van der Waals surface area (Å²) < 4.78 is 5.78. The number of carbonyl (C=O) groups excluding carboxylic acids is 3. The second-order valence-electron chi connectivity index (χ2n) is 8.04. The van der Waals surface area contributed by atoms with Gasteiger partial charge in [0.25, 0.3) is 11.8 Å². The summed E-state index contributed by atoms with van der Waals surface area (Å²) in [5, 5.41) is 8.15.